The molecule has 2 heterocycles. The number of amides is 5. The molecular weight excluding hydrogens is 881 g/mol. The minimum atomic E-state index is -0.857. The normalized spacial score (nSPS) is 16.8. The average molecular weight is 961 g/mol. The zero-order chi connectivity index (χ0) is 49.3. The summed E-state index contributed by atoms with van der Waals surface area (Å²) in [6.45, 7) is 17.4. The van der Waals surface area contributed by atoms with Gasteiger partial charge in [-0.15, -0.1) is 11.3 Å². The Morgan fingerprint density at radius 3 is 2.25 bits per heavy atom. The number of carbonyl (C=O) groups excluding carboxylic acids is 5. The van der Waals surface area contributed by atoms with E-state index in [1.54, 1.807) is 36.6 Å². The van der Waals surface area contributed by atoms with E-state index in [1.165, 1.54) is 11.3 Å². The summed E-state index contributed by atoms with van der Waals surface area (Å²) < 4.78 is 22.1. The number of benzene rings is 1. The van der Waals surface area contributed by atoms with Crippen LogP contribution in [0.25, 0.3) is 0 Å². The summed E-state index contributed by atoms with van der Waals surface area (Å²) in [6.07, 6.45) is 4.56. The van der Waals surface area contributed by atoms with E-state index < -0.39 is 42.0 Å². The molecule has 0 unspecified atom stereocenters. The summed E-state index contributed by atoms with van der Waals surface area (Å²) in [5, 5.41) is 18.4. The number of likely N-dealkylation sites (tertiary alicyclic amines) is 1. The molecule has 18 nitrogen and oxygen atoms in total. The summed E-state index contributed by atoms with van der Waals surface area (Å²) >= 11 is 1.31. The summed E-state index contributed by atoms with van der Waals surface area (Å²) in [6, 6.07) is 4.84. The van der Waals surface area contributed by atoms with Crippen LogP contribution in [0.3, 0.4) is 0 Å². The maximum Gasteiger partial charge on any atom is 0.426 e. The zero-order valence-electron chi connectivity index (χ0n) is 41.2. The number of thiazole rings is 1. The van der Waals surface area contributed by atoms with Crippen LogP contribution in [0.2, 0.25) is 0 Å². The lowest BCUT2D eigenvalue weighted by molar-refractivity contribution is -0.143. The van der Waals surface area contributed by atoms with E-state index in [1.807, 2.05) is 39.6 Å². The van der Waals surface area contributed by atoms with Gasteiger partial charge < -0.3 is 45.3 Å². The monoisotopic (exact) mass is 961 g/mol. The summed E-state index contributed by atoms with van der Waals surface area (Å²) in [5.74, 6) is -1.77. The van der Waals surface area contributed by atoms with Crippen molar-refractivity contribution in [1.29, 1.82) is 0 Å². The second-order valence-electron chi connectivity index (χ2n) is 17.8. The number of phenols is 1. The number of rotatable bonds is 30. The Labute approximate surface area is 402 Å². The minimum absolute atomic E-state index is 0.0293. The van der Waals surface area contributed by atoms with Gasteiger partial charge >= 0.3 is 6.09 Å². The standard InChI is InChI=1S/C48H80N8O10S/c1-9-20-56(47(61)42(33(6)11-3)52-45(60)39-14-12-13-21-55(39)8)40(32(4)5)30-41(65-22-10-2)46-51-38(31-67-46)44(59)50-36(29-35-15-17-37(57)18-16-35)28-34(7)43(58)53-54-48(62)66-27-26-64-25-24-63-23-19-49/h15-18,31-34,36,39-42,57H,9-14,19-30,49H2,1-8H3,(H,50,59)(H,52,60)(H,53,58)(H,54,62)/t33-,34-,36+,39+,40+,41+,42-/m0/s1. The van der Waals surface area contributed by atoms with Crippen molar-refractivity contribution in [2.75, 3.05) is 66.3 Å². The van der Waals surface area contributed by atoms with Crippen LogP contribution in [-0.4, -0.2) is 140 Å². The number of phenolic OH excluding ortho intramolecular Hbond substituents is 1. The molecule has 0 radical (unpaired) electrons. The molecule has 0 bridgehead atoms. The highest BCUT2D eigenvalue weighted by atomic mass is 32.1. The molecule has 0 spiro atoms. The molecule has 1 aromatic heterocycles. The van der Waals surface area contributed by atoms with Gasteiger partial charge in [-0.25, -0.2) is 15.2 Å². The largest absolute Gasteiger partial charge is 0.508 e. The number of nitrogens with zero attached hydrogens (tertiary/aromatic N) is 3. The number of hydrogen-bond acceptors (Lipinski definition) is 14. The predicted octanol–water partition coefficient (Wildman–Crippen LogP) is 5.10. The van der Waals surface area contributed by atoms with Gasteiger partial charge in [0, 0.05) is 49.5 Å². The van der Waals surface area contributed by atoms with E-state index in [9.17, 15) is 29.1 Å². The molecule has 7 atom stereocenters. The molecule has 1 fully saturated rings. The number of hydrazine groups is 1. The van der Waals surface area contributed by atoms with Crippen LogP contribution in [0.4, 0.5) is 4.79 Å². The van der Waals surface area contributed by atoms with Crippen molar-refractivity contribution < 1.29 is 48.0 Å². The van der Waals surface area contributed by atoms with E-state index >= 15 is 0 Å². The molecule has 1 aromatic carbocycles. The molecule has 0 saturated carbocycles. The van der Waals surface area contributed by atoms with Gasteiger partial charge in [-0.05, 0) is 81.6 Å². The smallest absolute Gasteiger partial charge is 0.426 e. The van der Waals surface area contributed by atoms with Crippen molar-refractivity contribution in [3.63, 3.8) is 0 Å². The Morgan fingerprint density at radius 2 is 1.61 bits per heavy atom. The highest BCUT2D eigenvalue weighted by Gasteiger charge is 2.38. The number of nitrogens with one attached hydrogen (secondary N) is 4. The summed E-state index contributed by atoms with van der Waals surface area (Å²) in [7, 11) is 1.97. The third-order valence-electron chi connectivity index (χ3n) is 12.0. The molecule has 1 aliphatic rings. The first-order chi connectivity index (χ1) is 32.1. The SMILES string of the molecule is CCCO[C@H](C[C@H](C(C)C)N(CCC)C(=O)[C@@H](NC(=O)[C@H]1CCCCN1C)[C@@H](C)CC)c1nc(C(=O)N[C@@H](Cc2ccc(O)cc2)C[C@H](C)C(=O)NNC(=O)OCCOCCOCCN)cs1. The summed E-state index contributed by atoms with van der Waals surface area (Å²) in [5.41, 5.74) is 11.0. The number of nitrogens with two attached hydrogens (primary N) is 1. The molecule has 67 heavy (non-hydrogen) atoms. The maximum atomic E-state index is 14.7. The lowest BCUT2D eigenvalue weighted by atomic mass is 9.92. The fourth-order valence-corrected chi connectivity index (χ4v) is 8.85. The lowest BCUT2D eigenvalue weighted by Crippen LogP contribution is -2.58. The second-order valence-corrected chi connectivity index (χ2v) is 18.7. The highest BCUT2D eigenvalue weighted by molar-refractivity contribution is 7.09. The molecule has 378 valence electrons. The van der Waals surface area contributed by atoms with Gasteiger partial charge in [0.05, 0.1) is 32.5 Å². The quantitative estimate of drug-likeness (QED) is 0.0442. The summed E-state index contributed by atoms with van der Waals surface area (Å²) in [4.78, 5) is 76.6. The number of hydrogen-bond donors (Lipinski definition) is 6. The van der Waals surface area contributed by atoms with E-state index in [2.05, 4.69) is 40.2 Å². The van der Waals surface area contributed by atoms with Gasteiger partial charge in [0.2, 0.25) is 17.7 Å². The Kier molecular flexibility index (Phi) is 26.2. The molecule has 2 aromatic rings. The van der Waals surface area contributed by atoms with Crippen LogP contribution < -0.4 is 27.2 Å². The first kappa shape index (κ1) is 56.9. The van der Waals surface area contributed by atoms with Crippen molar-refractivity contribution >= 4 is 41.1 Å². The number of piperidine rings is 1. The van der Waals surface area contributed by atoms with Gasteiger partial charge in [0.25, 0.3) is 5.91 Å². The van der Waals surface area contributed by atoms with Crippen LogP contribution in [0.1, 0.15) is 127 Å². The Bertz CT molecular complexity index is 1780. The second kappa shape index (κ2) is 30.9. The number of likely N-dealkylation sites (N-methyl/N-ethyl adjacent to an activating group) is 1. The molecule has 3 rings (SSSR count). The third kappa shape index (κ3) is 19.6. The van der Waals surface area contributed by atoms with Crippen LogP contribution in [-0.2, 0) is 39.8 Å². The first-order valence-corrected chi connectivity index (χ1v) is 25.1. The van der Waals surface area contributed by atoms with E-state index in [-0.39, 0.29) is 66.8 Å². The van der Waals surface area contributed by atoms with E-state index in [0.29, 0.717) is 57.4 Å². The molecule has 1 saturated heterocycles. The van der Waals surface area contributed by atoms with E-state index in [4.69, 9.17) is 29.7 Å². The predicted molar refractivity (Wildman–Crippen MR) is 258 cm³/mol. The number of aromatic hydroxyl groups is 1. The van der Waals surface area contributed by atoms with Gasteiger partial charge in [-0.3, -0.25) is 29.5 Å². The van der Waals surface area contributed by atoms with Gasteiger partial charge in [0.1, 0.15) is 35.2 Å². The lowest BCUT2D eigenvalue weighted by Gasteiger charge is -2.40. The molecule has 0 aliphatic carbocycles. The van der Waals surface area contributed by atoms with Crippen LogP contribution in [0.5, 0.6) is 5.75 Å². The van der Waals surface area contributed by atoms with Crippen molar-refractivity contribution in [3.8, 4) is 5.75 Å². The van der Waals surface area contributed by atoms with Crippen molar-refractivity contribution in [3.05, 3.63) is 45.9 Å². The Hall–Kier alpha value is -4.40. The molecule has 5 amide bonds. The van der Waals surface area contributed by atoms with Crippen LogP contribution in [0, 0.1) is 17.8 Å². The van der Waals surface area contributed by atoms with Crippen molar-refractivity contribution in [2.24, 2.45) is 23.5 Å². The Balaban J connectivity index is 1.76. The van der Waals surface area contributed by atoms with Crippen LogP contribution >= 0.6 is 11.3 Å². The fraction of sp³-hybridized carbons (Fsp3) is 0.708. The van der Waals surface area contributed by atoms with Gasteiger partial charge in [-0.1, -0.05) is 73.4 Å². The average Bonchev–Trinajstić information content (AvgIpc) is 3.81. The molecular formula is C48H80N8O10S. The zero-order valence-corrected chi connectivity index (χ0v) is 42.0. The Morgan fingerprint density at radius 1 is 0.910 bits per heavy atom. The molecule has 1 aliphatic heterocycles. The number of ether oxygens (including phenoxy) is 4. The van der Waals surface area contributed by atoms with Gasteiger partial charge in [-0.2, -0.15) is 0 Å². The van der Waals surface area contributed by atoms with Crippen molar-refractivity contribution in [1.82, 2.24) is 36.3 Å². The van der Waals surface area contributed by atoms with E-state index in [0.717, 1.165) is 50.6 Å². The topological polar surface area (TPSA) is 236 Å². The number of aromatic nitrogens is 1. The molecule has 19 heteroatoms. The minimum Gasteiger partial charge on any atom is -0.508 e. The third-order valence-corrected chi connectivity index (χ3v) is 12.9. The van der Waals surface area contributed by atoms with Crippen molar-refractivity contribution in [2.45, 2.75) is 137 Å². The molecule has 7 N–H and O–H groups in total. The number of carbonyl (C=O) groups is 5. The van der Waals surface area contributed by atoms with Crippen LogP contribution in [0.15, 0.2) is 29.6 Å². The maximum absolute atomic E-state index is 14.7. The fourth-order valence-electron chi connectivity index (χ4n) is 7.99. The first-order valence-electron chi connectivity index (χ1n) is 24.2. The van der Waals surface area contributed by atoms with Gasteiger partial charge in [0.15, 0.2) is 0 Å². The highest BCUT2D eigenvalue weighted by Crippen LogP contribution is 2.32.